The number of aromatic nitrogens is 1. The highest BCUT2D eigenvalue weighted by atomic mass is 32.2. The van der Waals surface area contributed by atoms with Gasteiger partial charge < -0.3 is 10.1 Å². The standard InChI is InChI=1S/C20H23N3O6S2/c1-13(24)15-6-8-17(9-7-15)31(27,28)23-10-4-3-5-18(23)19(26)29-11-16-12-30-20(22-16)21-14(2)25/h6-9,12,18H,3-5,10-11H2,1-2H3,(H,21,22,25). The Kier molecular flexibility index (Phi) is 7.19. The van der Waals surface area contributed by atoms with E-state index in [9.17, 15) is 22.8 Å². The number of amides is 1. The number of esters is 1. The summed E-state index contributed by atoms with van der Waals surface area (Å²) in [7, 11) is -3.93. The third-order valence-electron chi connectivity index (χ3n) is 4.79. The van der Waals surface area contributed by atoms with Gasteiger partial charge in [0, 0.05) is 24.4 Å². The molecule has 2 aromatic rings. The molecule has 0 aliphatic carbocycles. The average Bonchev–Trinajstić information content (AvgIpc) is 3.18. The summed E-state index contributed by atoms with van der Waals surface area (Å²) >= 11 is 1.21. The number of piperidine rings is 1. The van der Waals surface area contributed by atoms with E-state index in [0.717, 1.165) is 0 Å². The Morgan fingerprint density at radius 2 is 1.90 bits per heavy atom. The number of ether oxygens (including phenoxy) is 1. The van der Waals surface area contributed by atoms with Crippen LogP contribution in [0.2, 0.25) is 0 Å². The number of Topliss-reactive ketones (excluding diaryl/α,β-unsaturated/α-hetero) is 1. The molecule has 166 valence electrons. The monoisotopic (exact) mass is 465 g/mol. The van der Waals surface area contributed by atoms with E-state index in [0.29, 0.717) is 35.7 Å². The Morgan fingerprint density at radius 1 is 1.19 bits per heavy atom. The van der Waals surface area contributed by atoms with Gasteiger partial charge >= 0.3 is 5.97 Å². The molecule has 0 spiro atoms. The predicted octanol–water partition coefficient (Wildman–Crippen LogP) is 2.59. The lowest BCUT2D eigenvalue weighted by Crippen LogP contribution is -2.48. The average molecular weight is 466 g/mol. The molecule has 1 aliphatic rings. The molecular weight excluding hydrogens is 442 g/mol. The second kappa shape index (κ2) is 9.67. The van der Waals surface area contributed by atoms with Crippen molar-refractivity contribution >= 4 is 44.2 Å². The smallest absolute Gasteiger partial charge is 0.324 e. The molecule has 1 N–H and O–H groups in total. The molecule has 1 aromatic carbocycles. The number of nitrogens with one attached hydrogen (secondary N) is 1. The zero-order valence-electron chi connectivity index (χ0n) is 17.2. The molecule has 1 atom stereocenters. The molecule has 1 unspecified atom stereocenters. The molecule has 0 saturated carbocycles. The third-order valence-corrected chi connectivity index (χ3v) is 7.52. The minimum Gasteiger partial charge on any atom is -0.458 e. The predicted molar refractivity (Wildman–Crippen MR) is 114 cm³/mol. The lowest BCUT2D eigenvalue weighted by atomic mass is 10.1. The summed E-state index contributed by atoms with van der Waals surface area (Å²) in [6, 6.07) is 4.74. The topological polar surface area (TPSA) is 123 Å². The van der Waals surface area contributed by atoms with Gasteiger partial charge in [-0.15, -0.1) is 11.3 Å². The Bertz CT molecular complexity index is 1080. The van der Waals surface area contributed by atoms with Crippen LogP contribution in [0.5, 0.6) is 0 Å². The molecule has 2 heterocycles. The van der Waals surface area contributed by atoms with E-state index in [1.165, 1.54) is 53.8 Å². The molecule has 3 rings (SSSR count). The highest BCUT2D eigenvalue weighted by Gasteiger charge is 2.38. The molecular formula is C20H23N3O6S2. The second-order valence-electron chi connectivity index (χ2n) is 7.14. The van der Waals surface area contributed by atoms with Gasteiger partial charge in [-0.1, -0.05) is 12.1 Å². The van der Waals surface area contributed by atoms with Gasteiger partial charge in [0.05, 0.1) is 10.6 Å². The van der Waals surface area contributed by atoms with Gasteiger partial charge in [-0.3, -0.25) is 14.4 Å². The first-order valence-corrected chi connectivity index (χ1v) is 12.0. The van der Waals surface area contributed by atoms with E-state index in [2.05, 4.69) is 10.3 Å². The molecule has 1 fully saturated rings. The number of rotatable bonds is 7. The summed E-state index contributed by atoms with van der Waals surface area (Å²) < 4.78 is 32.8. The maximum Gasteiger partial charge on any atom is 0.324 e. The Labute approximate surface area is 184 Å². The van der Waals surface area contributed by atoms with Crippen LogP contribution in [-0.4, -0.2) is 48.0 Å². The van der Waals surface area contributed by atoms with Crippen molar-refractivity contribution in [2.24, 2.45) is 0 Å². The lowest BCUT2D eigenvalue weighted by molar-refractivity contribution is -0.150. The number of benzene rings is 1. The first-order valence-electron chi connectivity index (χ1n) is 9.70. The number of hydrogen-bond donors (Lipinski definition) is 1. The summed E-state index contributed by atoms with van der Waals surface area (Å²) in [5, 5.41) is 4.61. The Balaban J connectivity index is 1.71. The van der Waals surface area contributed by atoms with Gasteiger partial charge in [-0.05, 0) is 38.3 Å². The maximum absolute atomic E-state index is 13.1. The molecule has 1 amide bonds. The van der Waals surface area contributed by atoms with Crippen LogP contribution in [0.25, 0.3) is 0 Å². The van der Waals surface area contributed by atoms with Crippen molar-refractivity contribution < 1.29 is 27.5 Å². The van der Waals surface area contributed by atoms with E-state index >= 15 is 0 Å². The molecule has 0 bridgehead atoms. The van der Waals surface area contributed by atoms with Gasteiger partial charge in [-0.2, -0.15) is 4.31 Å². The number of carbonyl (C=O) groups is 3. The van der Waals surface area contributed by atoms with Crippen molar-refractivity contribution in [3.05, 3.63) is 40.9 Å². The van der Waals surface area contributed by atoms with E-state index in [1.54, 1.807) is 5.38 Å². The second-order valence-corrected chi connectivity index (χ2v) is 9.89. The fraction of sp³-hybridized carbons (Fsp3) is 0.400. The Hall–Kier alpha value is -2.63. The van der Waals surface area contributed by atoms with Crippen molar-refractivity contribution in [1.29, 1.82) is 0 Å². The van der Waals surface area contributed by atoms with Gasteiger partial charge in [0.25, 0.3) is 0 Å². The van der Waals surface area contributed by atoms with Crippen LogP contribution in [0.4, 0.5) is 5.13 Å². The summed E-state index contributed by atoms with van der Waals surface area (Å²) in [6.45, 7) is 2.86. The lowest BCUT2D eigenvalue weighted by Gasteiger charge is -2.33. The minimum absolute atomic E-state index is 0.0247. The third kappa shape index (κ3) is 5.54. The number of anilines is 1. The fourth-order valence-electron chi connectivity index (χ4n) is 3.25. The first kappa shape index (κ1) is 23.0. The Morgan fingerprint density at radius 3 is 2.55 bits per heavy atom. The van der Waals surface area contributed by atoms with Gasteiger partial charge in [0.2, 0.25) is 15.9 Å². The van der Waals surface area contributed by atoms with Gasteiger partial charge in [0.1, 0.15) is 12.6 Å². The summed E-state index contributed by atoms with van der Waals surface area (Å²) in [5.74, 6) is -1.05. The van der Waals surface area contributed by atoms with E-state index in [-0.39, 0.29) is 29.7 Å². The molecule has 1 aliphatic heterocycles. The van der Waals surface area contributed by atoms with E-state index in [4.69, 9.17) is 4.74 Å². The highest BCUT2D eigenvalue weighted by Crippen LogP contribution is 2.27. The SMILES string of the molecule is CC(=O)Nc1nc(COC(=O)C2CCCCN2S(=O)(=O)c2ccc(C(C)=O)cc2)cs1. The fourth-order valence-corrected chi connectivity index (χ4v) is 5.64. The number of ketones is 1. The zero-order valence-corrected chi connectivity index (χ0v) is 18.8. The normalized spacial score (nSPS) is 17.2. The molecule has 11 heteroatoms. The molecule has 0 radical (unpaired) electrons. The van der Waals surface area contributed by atoms with Crippen LogP contribution in [0.3, 0.4) is 0 Å². The number of carbonyl (C=O) groups excluding carboxylic acids is 3. The van der Waals surface area contributed by atoms with Crippen LogP contribution >= 0.6 is 11.3 Å². The van der Waals surface area contributed by atoms with Crippen LogP contribution in [0, 0.1) is 0 Å². The van der Waals surface area contributed by atoms with Crippen molar-refractivity contribution in [1.82, 2.24) is 9.29 Å². The number of sulfonamides is 1. The van der Waals surface area contributed by atoms with Crippen LogP contribution in [-0.2, 0) is 31.0 Å². The molecule has 1 aromatic heterocycles. The van der Waals surface area contributed by atoms with Gasteiger partial charge in [0.15, 0.2) is 10.9 Å². The van der Waals surface area contributed by atoms with Gasteiger partial charge in [-0.25, -0.2) is 13.4 Å². The molecule has 31 heavy (non-hydrogen) atoms. The van der Waals surface area contributed by atoms with Crippen LogP contribution < -0.4 is 5.32 Å². The largest absolute Gasteiger partial charge is 0.458 e. The zero-order chi connectivity index (χ0) is 22.6. The number of hydrogen-bond acceptors (Lipinski definition) is 8. The number of nitrogens with zero attached hydrogens (tertiary/aromatic N) is 2. The molecule has 1 saturated heterocycles. The summed E-state index contributed by atoms with van der Waals surface area (Å²) in [6.07, 6.45) is 1.71. The van der Waals surface area contributed by atoms with E-state index < -0.39 is 22.0 Å². The van der Waals surface area contributed by atoms with Crippen molar-refractivity contribution in [3.63, 3.8) is 0 Å². The van der Waals surface area contributed by atoms with Crippen LogP contribution in [0.15, 0.2) is 34.5 Å². The van der Waals surface area contributed by atoms with Crippen LogP contribution in [0.1, 0.15) is 49.2 Å². The minimum atomic E-state index is -3.93. The quantitative estimate of drug-likeness (QED) is 0.492. The summed E-state index contributed by atoms with van der Waals surface area (Å²) in [5.41, 5.74) is 0.877. The maximum atomic E-state index is 13.1. The first-order chi connectivity index (χ1) is 14.7. The molecule has 9 nitrogen and oxygen atoms in total. The van der Waals surface area contributed by atoms with Crippen molar-refractivity contribution in [3.8, 4) is 0 Å². The number of thiazole rings is 1. The van der Waals surface area contributed by atoms with Crippen molar-refractivity contribution in [2.75, 3.05) is 11.9 Å². The summed E-state index contributed by atoms with van der Waals surface area (Å²) in [4.78, 5) is 39.4. The van der Waals surface area contributed by atoms with E-state index in [1.807, 2.05) is 0 Å². The van der Waals surface area contributed by atoms with Crippen molar-refractivity contribution in [2.45, 2.75) is 50.7 Å². The highest BCUT2D eigenvalue weighted by molar-refractivity contribution is 7.89.